The van der Waals surface area contributed by atoms with Crippen molar-refractivity contribution in [3.8, 4) is 11.5 Å². The van der Waals surface area contributed by atoms with Gasteiger partial charge < -0.3 is 20.1 Å². The molecule has 2 N–H and O–H groups in total. The zero-order chi connectivity index (χ0) is 22.6. The molecule has 0 fully saturated rings. The molecule has 0 unspecified atom stereocenters. The number of hydrogen-bond acceptors (Lipinski definition) is 6. The van der Waals surface area contributed by atoms with Gasteiger partial charge in [0.25, 0.3) is 5.91 Å². The highest BCUT2D eigenvalue weighted by Gasteiger charge is 2.33. The highest BCUT2D eigenvalue weighted by molar-refractivity contribution is 5.98. The molecule has 1 atom stereocenters. The molecule has 164 valence electrons. The fourth-order valence-electron chi connectivity index (χ4n) is 3.85. The molecular formula is C21H16F3N5O3. The SMILES string of the molecule is CN(C(=O)c1ccc2nc(N)c3cncn3c2c1)[C@@H]1COc2cc(OC(F)F)c(F)cc21. The number of halogens is 3. The summed E-state index contributed by atoms with van der Waals surface area (Å²) in [7, 11) is 1.56. The Balaban J connectivity index is 1.48. The van der Waals surface area contributed by atoms with Crippen LogP contribution >= 0.6 is 0 Å². The quantitative estimate of drug-likeness (QED) is 0.520. The van der Waals surface area contributed by atoms with Crippen molar-refractivity contribution >= 4 is 28.3 Å². The van der Waals surface area contributed by atoms with E-state index in [0.717, 1.165) is 12.1 Å². The third kappa shape index (κ3) is 3.13. The predicted molar refractivity (Wildman–Crippen MR) is 108 cm³/mol. The molecule has 2 aromatic heterocycles. The second-order valence-corrected chi connectivity index (χ2v) is 7.29. The summed E-state index contributed by atoms with van der Waals surface area (Å²) >= 11 is 0. The largest absolute Gasteiger partial charge is 0.491 e. The summed E-state index contributed by atoms with van der Waals surface area (Å²) < 4.78 is 50.6. The maximum Gasteiger partial charge on any atom is 0.387 e. The monoisotopic (exact) mass is 443 g/mol. The van der Waals surface area contributed by atoms with Crippen LogP contribution in [0, 0.1) is 5.82 Å². The van der Waals surface area contributed by atoms with E-state index in [2.05, 4.69) is 14.7 Å². The Morgan fingerprint density at radius 1 is 1.31 bits per heavy atom. The molecule has 5 rings (SSSR count). The lowest BCUT2D eigenvalue weighted by Gasteiger charge is -2.24. The molecule has 0 saturated carbocycles. The number of nitrogen functional groups attached to an aromatic ring is 1. The molecule has 3 heterocycles. The number of nitrogens with two attached hydrogens (primary N) is 1. The number of likely N-dealkylation sites (N-methyl/N-ethyl adjacent to an activating group) is 1. The zero-order valence-electron chi connectivity index (χ0n) is 16.6. The summed E-state index contributed by atoms with van der Waals surface area (Å²) in [5, 5.41) is 0. The van der Waals surface area contributed by atoms with Crippen molar-refractivity contribution < 1.29 is 27.4 Å². The summed E-state index contributed by atoms with van der Waals surface area (Å²) in [6.07, 6.45) is 3.16. The zero-order valence-corrected chi connectivity index (χ0v) is 16.6. The molecule has 11 heteroatoms. The van der Waals surface area contributed by atoms with E-state index in [0.29, 0.717) is 33.5 Å². The van der Waals surface area contributed by atoms with E-state index in [1.54, 1.807) is 42.2 Å². The smallest absolute Gasteiger partial charge is 0.387 e. The Bertz CT molecular complexity index is 1370. The number of hydrogen-bond donors (Lipinski definition) is 1. The van der Waals surface area contributed by atoms with E-state index >= 15 is 0 Å². The average Bonchev–Trinajstić information content (AvgIpc) is 3.40. The van der Waals surface area contributed by atoms with Gasteiger partial charge in [-0.3, -0.25) is 9.20 Å². The van der Waals surface area contributed by atoms with Crippen molar-refractivity contribution in [1.82, 2.24) is 19.3 Å². The molecule has 1 aliphatic rings. The first-order valence-corrected chi connectivity index (χ1v) is 9.53. The maximum absolute atomic E-state index is 14.2. The Morgan fingerprint density at radius 3 is 2.91 bits per heavy atom. The lowest BCUT2D eigenvalue weighted by molar-refractivity contribution is -0.0522. The first-order chi connectivity index (χ1) is 15.3. The van der Waals surface area contributed by atoms with Gasteiger partial charge in [-0.25, -0.2) is 14.4 Å². The molecular weight excluding hydrogens is 427 g/mol. The third-order valence-electron chi connectivity index (χ3n) is 5.45. The lowest BCUT2D eigenvalue weighted by Crippen LogP contribution is -2.32. The molecule has 0 aliphatic carbocycles. The summed E-state index contributed by atoms with van der Waals surface area (Å²) in [6.45, 7) is -3.12. The second-order valence-electron chi connectivity index (χ2n) is 7.29. The van der Waals surface area contributed by atoms with Gasteiger partial charge in [-0.05, 0) is 24.3 Å². The van der Waals surface area contributed by atoms with Crippen LogP contribution in [0.5, 0.6) is 11.5 Å². The summed E-state index contributed by atoms with van der Waals surface area (Å²) in [5.41, 5.74) is 8.54. The standard InChI is InChI=1S/C21H16F3N5O3/c1-28(16-8-31-17-6-18(32-21(23)24)12(22)5-11(16)17)20(30)10-2-3-13-14(4-10)29-9-26-7-15(29)19(25)27-13/h2-7,9,16,21H,8H2,1H3,(H2,25,27)/t16-/m1/s1. The van der Waals surface area contributed by atoms with Crippen LogP contribution in [0.1, 0.15) is 22.0 Å². The Hall–Kier alpha value is -4.02. The Labute approximate surface area is 179 Å². The van der Waals surface area contributed by atoms with Crippen LogP contribution in [0.25, 0.3) is 16.6 Å². The minimum absolute atomic E-state index is 0.0482. The molecule has 8 nitrogen and oxygen atoms in total. The van der Waals surface area contributed by atoms with Gasteiger partial charge in [0.15, 0.2) is 11.6 Å². The number of rotatable bonds is 4. The van der Waals surface area contributed by atoms with Gasteiger partial charge in [0.05, 0.1) is 29.6 Å². The summed E-state index contributed by atoms with van der Waals surface area (Å²) in [4.78, 5) is 23.0. The average molecular weight is 443 g/mol. The Morgan fingerprint density at radius 2 is 2.12 bits per heavy atom. The molecule has 0 bridgehead atoms. The Kier molecular flexibility index (Phi) is 4.54. The van der Waals surface area contributed by atoms with Crippen molar-refractivity contribution in [3.05, 3.63) is 59.8 Å². The van der Waals surface area contributed by atoms with Crippen molar-refractivity contribution in [2.45, 2.75) is 12.7 Å². The molecule has 4 aromatic rings. The number of carbonyl (C=O) groups is 1. The molecule has 0 saturated heterocycles. The highest BCUT2D eigenvalue weighted by Crippen LogP contribution is 2.40. The first kappa shape index (κ1) is 19.9. The molecule has 1 amide bonds. The van der Waals surface area contributed by atoms with Gasteiger partial charge in [0.1, 0.15) is 23.7 Å². The van der Waals surface area contributed by atoms with Gasteiger partial charge in [0.2, 0.25) is 0 Å². The predicted octanol–water partition coefficient (Wildman–Crippen LogP) is 3.41. The van der Waals surface area contributed by atoms with Gasteiger partial charge in [0, 0.05) is 24.2 Å². The molecule has 2 aromatic carbocycles. The van der Waals surface area contributed by atoms with Crippen molar-refractivity contribution in [2.75, 3.05) is 19.4 Å². The summed E-state index contributed by atoms with van der Waals surface area (Å²) in [6, 6.07) is 6.48. The number of ether oxygens (including phenoxy) is 2. The number of benzene rings is 2. The topological polar surface area (TPSA) is 95.0 Å². The molecule has 0 spiro atoms. The molecule has 1 aliphatic heterocycles. The molecule has 32 heavy (non-hydrogen) atoms. The minimum Gasteiger partial charge on any atom is -0.491 e. The fourth-order valence-corrected chi connectivity index (χ4v) is 3.85. The lowest BCUT2D eigenvalue weighted by atomic mass is 10.1. The highest BCUT2D eigenvalue weighted by atomic mass is 19.3. The van der Waals surface area contributed by atoms with E-state index < -0.39 is 24.2 Å². The van der Waals surface area contributed by atoms with E-state index in [9.17, 15) is 18.0 Å². The van der Waals surface area contributed by atoms with Crippen LogP contribution in [0.2, 0.25) is 0 Å². The van der Waals surface area contributed by atoms with Crippen LogP contribution < -0.4 is 15.2 Å². The normalized spacial score (nSPS) is 15.2. The number of aromatic nitrogens is 3. The first-order valence-electron chi connectivity index (χ1n) is 9.53. The van der Waals surface area contributed by atoms with Crippen LogP contribution in [-0.4, -0.2) is 45.4 Å². The van der Waals surface area contributed by atoms with Gasteiger partial charge in [-0.2, -0.15) is 8.78 Å². The molecule has 0 radical (unpaired) electrons. The number of fused-ring (bicyclic) bond motifs is 4. The minimum atomic E-state index is -3.16. The van der Waals surface area contributed by atoms with Gasteiger partial charge in [-0.15, -0.1) is 0 Å². The number of imidazole rings is 1. The number of alkyl halides is 2. The van der Waals surface area contributed by atoms with Crippen molar-refractivity contribution in [1.29, 1.82) is 0 Å². The van der Waals surface area contributed by atoms with Gasteiger partial charge in [-0.1, -0.05) is 0 Å². The second kappa shape index (κ2) is 7.29. The van der Waals surface area contributed by atoms with Crippen LogP contribution in [0.15, 0.2) is 42.9 Å². The van der Waals surface area contributed by atoms with Crippen molar-refractivity contribution in [2.24, 2.45) is 0 Å². The number of nitrogens with zero attached hydrogens (tertiary/aromatic N) is 4. The van der Waals surface area contributed by atoms with Crippen LogP contribution in [-0.2, 0) is 0 Å². The van der Waals surface area contributed by atoms with Crippen molar-refractivity contribution in [3.63, 3.8) is 0 Å². The van der Waals surface area contributed by atoms with E-state index in [-0.39, 0.29) is 18.3 Å². The van der Waals surface area contributed by atoms with E-state index in [1.807, 2.05) is 0 Å². The third-order valence-corrected chi connectivity index (χ3v) is 5.45. The van der Waals surface area contributed by atoms with Crippen LogP contribution in [0.4, 0.5) is 19.0 Å². The summed E-state index contributed by atoms with van der Waals surface area (Å²) in [5.74, 6) is -1.41. The number of carbonyl (C=O) groups excluding carboxylic acids is 1. The maximum atomic E-state index is 14.2. The number of amides is 1. The van der Waals surface area contributed by atoms with Gasteiger partial charge >= 0.3 is 6.61 Å². The van der Waals surface area contributed by atoms with Crippen LogP contribution in [0.3, 0.4) is 0 Å². The van der Waals surface area contributed by atoms with E-state index in [4.69, 9.17) is 10.5 Å². The number of anilines is 1. The fraction of sp³-hybridized carbons (Fsp3) is 0.190. The van der Waals surface area contributed by atoms with E-state index in [1.165, 1.54) is 4.90 Å².